The zero-order valence-electron chi connectivity index (χ0n) is 9.99. The zero-order chi connectivity index (χ0) is 11.8. The van der Waals surface area contributed by atoms with Crippen molar-refractivity contribution in [1.82, 2.24) is 4.98 Å². The van der Waals surface area contributed by atoms with Gasteiger partial charge in [-0.1, -0.05) is 13.0 Å². The number of aliphatic hydroxyl groups is 1. The fraction of sp³-hybridized carbons (Fsp3) is 0.429. The Morgan fingerprint density at radius 1 is 1.47 bits per heavy atom. The average molecular weight is 231 g/mol. The van der Waals surface area contributed by atoms with Crippen LogP contribution in [0.5, 0.6) is 0 Å². The summed E-state index contributed by atoms with van der Waals surface area (Å²) in [7, 11) is 0. The van der Waals surface area contributed by atoms with Crippen molar-refractivity contribution < 1.29 is 9.84 Å². The molecule has 1 aromatic carbocycles. The van der Waals surface area contributed by atoms with Gasteiger partial charge in [0.05, 0.1) is 13.2 Å². The minimum Gasteiger partial charge on any atom is -0.396 e. The molecule has 0 radical (unpaired) electrons. The number of ether oxygens (including phenoxy) is 1. The zero-order valence-corrected chi connectivity index (χ0v) is 9.99. The third kappa shape index (κ3) is 1.75. The molecule has 2 aromatic rings. The molecule has 1 unspecified atom stereocenters. The van der Waals surface area contributed by atoms with Crippen molar-refractivity contribution in [3.8, 4) is 0 Å². The molecule has 17 heavy (non-hydrogen) atoms. The summed E-state index contributed by atoms with van der Waals surface area (Å²) in [6.45, 7) is 3.73. The van der Waals surface area contributed by atoms with E-state index in [1.165, 1.54) is 27.7 Å². The lowest BCUT2D eigenvalue weighted by atomic mass is 9.99. The van der Waals surface area contributed by atoms with Crippen molar-refractivity contribution in [2.24, 2.45) is 0 Å². The molecule has 1 atom stereocenters. The third-order valence-electron chi connectivity index (χ3n) is 3.60. The lowest BCUT2D eigenvalue weighted by Gasteiger charge is -2.12. The molecule has 0 aliphatic carbocycles. The van der Waals surface area contributed by atoms with Crippen LogP contribution in [0.2, 0.25) is 0 Å². The van der Waals surface area contributed by atoms with Crippen LogP contribution in [0.3, 0.4) is 0 Å². The standard InChI is InChI=1S/C14H17NO2/c1-9(7-16)10-2-3-13-11(6-10)12-8-17-5-4-14(12)15-13/h2-3,6,9,15-16H,4-5,7-8H2,1H3. The van der Waals surface area contributed by atoms with E-state index in [4.69, 9.17) is 4.74 Å². The predicted octanol–water partition coefficient (Wildman–Crippen LogP) is 2.34. The van der Waals surface area contributed by atoms with Crippen molar-refractivity contribution in [3.05, 3.63) is 35.0 Å². The number of nitrogens with one attached hydrogen (secondary N) is 1. The van der Waals surface area contributed by atoms with E-state index < -0.39 is 0 Å². The van der Waals surface area contributed by atoms with Crippen LogP contribution < -0.4 is 0 Å². The van der Waals surface area contributed by atoms with Gasteiger partial charge in [0, 0.05) is 41.1 Å². The number of aromatic amines is 1. The van der Waals surface area contributed by atoms with Crippen LogP contribution >= 0.6 is 0 Å². The van der Waals surface area contributed by atoms with Gasteiger partial charge in [-0.15, -0.1) is 0 Å². The summed E-state index contributed by atoms with van der Waals surface area (Å²) < 4.78 is 5.52. The first kappa shape index (κ1) is 10.8. The van der Waals surface area contributed by atoms with E-state index >= 15 is 0 Å². The average Bonchev–Trinajstić information content (AvgIpc) is 2.75. The summed E-state index contributed by atoms with van der Waals surface area (Å²) in [5.74, 6) is 0.189. The number of aromatic nitrogens is 1. The molecule has 1 aliphatic rings. The summed E-state index contributed by atoms with van der Waals surface area (Å²) in [5.41, 5.74) is 4.96. The fourth-order valence-corrected chi connectivity index (χ4v) is 2.46. The van der Waals surface area contributed by atoms with Gasteiger partial charge in [-0.3, -0.25) is 0 Å². The van der Waals surface area contributed by atoms with E-state index in [9.17, 15) is 5.11 Å². The molecule has 3 rings (SSSR count). The van der Waals surface area contributed by atoms with E-state index in [1.54, 1.807) is 0 Å². The minimum absolute atomic E-state index is 0.189. The topological polar surface area (TPSA) is 45.2 Å². The smallest absolute Gasteiger partial charge is 0.0740 e. The molecule has 0 fully saturated rings. The largest absolute Gasteiger partial charge is 0.396 e. The summed E-state index contributed by atoms with van der Waals surface area (Å²) in [6.07, 6.45) is 0.967. The molecule has 3 nitrogen and oxygen atoms in total. The molecule has 0 saturated carbocycles. The highest BCUT2D eigenvalue weighted by atomic mass is 16.5. The Morgan fingerprint density at radius 2 is 2.35 bits per heavy atom. The molecular weight excluding hydrogens is 214 g/mol. The van der Waals surface area contributed by atoms with E-state index in [-0.39, 0.29) is 12.5 Å². The summed E-state index contributed by atoms with van der Waals surface area (Å²) in [4.78, 5) is 3.46. The molecule has 1 aliphatic heterocycles. The molecule has 3 heteroatoms. The maximum atomic E-state index is 9.22. The normalized spacial score (nSPS) is 17.1. The van der Waals surface area contributed by atoms with Crippen LogP contribution in [0.15, 0.2) is 18.2 Å². The number of benzene rings is 1. The Bertz CT molecular complexity index is 544. The number of fused-ring (bicyclic) bond motifs is 3. The maximum Gasteiger partial charge on any atom is 0.0740 e. The Kier molecular flexibility index (Phi) is 2.65. The van der Waals surface area contributed by atoms with Crippen LogP contribution in [0.1, 0.15) is 29.7 Å². The van der Waals surface area contributed by atoms with Crippen molar-refractivity contribution in [2.75, 3.05) is 13.2 Å². The molecule has 2 heterocycles. The van der Waals surface area contributed by atoms with Gasteiger partial charge in [0.1, 0.15) is 0 Å². The van der Waals surface area contributed by atoms with E-state index in [0.717, 1.165) is 13.0 Å². The van der Waals surface area contributed by atoms with Gasteiger partial charge in [0.15, 0.2) is 0 Å². The molecule has 90 valence electrons. The minimum atomic E-state index is 0.189. The van der Waals surface area contributed by atoms with Gasteiger partial charge >= 0.3 is 0 Å². The van der Waals surface area contributed by atoms with Gasteiger partial charge < -0.3 is 14.8 Å². The first-order valence-corrected chi connectivity index (χ1v) is 6.11. The molecule has 0 bridgehead atoms. The molecule has 1 aromatic heterocycles. The van der Waals surface area contributed by atoms with E-state index in [1.807, 2.05) is 6.92 Å². The molecule has 2 N–H and O–H groups in total. The number of rotatable bonds is 2. The quantitative estimate of drug-likeness (QED) is 0.833. The van der Waals surface area contributed by atoms with Crippen LogP contribution in [0, 0.1) is 0 Å². The molecular formula is C14H17NO2. The van der Waals surface area contributed by atoms with Crippen LogP contribution in [0.4, 0.5) is 0 Å². The monoisotopic (exact) mass is 231 g/mol. The SMILES string of the molecule is CC(CO)c1ccc2[nH]c3c(c2c1)COCC3. The number of H-pyrrole nitrogens is 1. The lowest BCUT2D eigenvalue weighted by molar-refractivity contribution is 0.111. The van der Waals surface area contributed by atoms with Gasteiger partial charge in [0.25, 0.3) is 0 Å². The Balaban J connectivity index is 2.14. The number of hydrogen-bond acceptors (Lipinski definition) is 2. The highest BCUT2D eigenvalue weighted by Gasteiger charge is 2.16. The second-order valence-corrected chi connectivity index (χ2v) is 4.77. The lowest BCUT2D eigenvalue weighted by Crippen LogP contribution is -2.08. The summed E-state index contributed by atoms with van der Waals surface area (Å²) in [6, 6.07) is 6.38. The first-order valence-electron chi connectivity index (χ1n) is 6.11. The van der Waals surface area contributed by atoms with Crippen LogP contribution in [-0.4, -0.2) is 23.3 Å². The Morgan fingerprint density at radius 3 is 3.18 bits per heavy atom. The highest BCUT2D eigenvalue weighted by Crippen LogP contribution is 2.29. The second kappa shape index (κ2) is 4.17. The summed E-state index contributed by atoms with van der Waals surface area (Å²) >= 11 is 0. The molecule has 0 saturated heterocycles. The molecule has 0 spiro atoms. The van der Waals surface area contributed by atoms with E-state index in [2.05, 4.69) is 23.2 Å². The number of hydrogen-bond donors (Lipinski definition) is 2. The third-order valence-corrected chi connectivity index (χ3v) is 3.60. The molecule has 0 amide bonds. The number of aliphatic hydroxyl groups excluding tert-OH is 1. The fourth-order valence-electron chi connectivity index (χ4n) is 2.46. The predicted molar refractivity (Wildman–Crippen MR) is 67.2 cm³/mol. The first-order chi connectivity index (χ1) is 8.29. The second-order valence-electron chi connectivity index (χ2n) is 4.77. The van der Waals surface area contributed by atoms with Crippen molar-refractivity contribution in [2.45, 2.75) is 25.9 Å². The maximum absolute atomic E-state index is 9.22. The van der Waals surface area contributed by atoms with Gasteiger partial charge in [-0.25, -0.2) is 0 Å². The Hall–Kier alpha value is -1.32. The highest BCUT2D eigenvalue weighted by molar-refractivity contribution is 5.85. The van der Waals surface area contributed by atoms with Gasteiger partial charge in [-0.2, -0.15) is 0 Å². The Labute approximate surface area is 100 Å². The van der Waals surface area contributed by atoms with Crippen molar-refractivity contribution in [3.63, 3.8) is 0 Å². The summed E-state index contributed by atoms with van der Waals surface area (Å²) in [5, 5.41) is 10.5. The van der Waals surface area contributed by atoms with Gasteiger partial charge in [0.2, 0.25) is 0 Å². The van der Waals surface area contributed by atoms with E-state index in [0.29, 0.717) is 6.61 Å². The van der Waals surface area contributed by atoms with Crippen LogP contribution in [-0.2, 0) is 17.8 Å². The van der Waals surface area contributed by atoms with Crippen molar-refractivity contribution >= 4 is 10.9 Å². The van der Waals surface area contributed by atoms with Crippen LogP contribution in [0.25, 0.3) is 10.9 Å². The van der Waals surface area contributed by atoms with Gasteiger partial charge in [-0.05, 0) is 17.7 Å². The van der Waals surface area contributed by atoms with Crippen molar-refractivity contribution in [1.29, 1.82) is 0 Å².